The fourth-order valence-corrected chi connectivity index (χ4v) is 4.70. The van der Waals surface area contributed by atoms with Gasteiger partial charge in [0.05, 0.1) is 11.9 Å². The summed E-state index contributed by atoms with van der Waals surface area (Å²) >= 11 is 0. The monoisotopic (exact) mass is 311 g/mol. The minimum atomic E-state index is -3.43. The first-order valence-corrected chi connectivity index (χ1v) is 8.74. The molecular weight excluding hydrogens is 290 g/mol. The number of rotatable bonds is 5. The van der Waals surface area contributed by atoms with Gasteiger partial charge in [0.1, 0.15) is 5.54 Å². The molecule has 3 unspecified atom stereocenters. The van der Waals surface area contributed by atoms with Gasteiger partial charge < -0.3 is 10.5 Å². The number of benzene rings is 1. The van der Waals surface area contributed by atoms with Crippen molar-refractivity contribution in [3.8, 4) is 0 Å². The second kappa shape index (κ2) is 5.42. The zero-order valence-electron chi connectivity index (χ0n) is 12.5. The van der Waals surface area contributed by atoms with E-state index in [0.717, 1.165) is 11.1 Å². The maximum Gasteiger partial charge on any atom is 0.328 e. The summed E-state index contributed by atoms with van der Waals surface area (Å²) in [6, 6.07) is 7.42. The van der Waals surface area contributed by atoms with Gasteiger partial charge in [0, 0.05) is 11.7 Å². The van der Waals surface area contributed by atoms with Crippen molar-refractivity contribution < 1.29 is 17.9 Å². The molecule has 1 aliphatic rings. The van der Waals surface area contributed by atoms with Crippen LogP contribution in [0.2, 0.25) is 0 Å². The topological polar surface area (TPSA) is 86.5 Å². The van der Waals surface area contributed by atoms with E-state index in [1.807, 2.05) is 31.2 Å². The van der Waals surface area contributed by atoms with E-state index < -0.39 is 32.5 Å². The molecular formula is C15H21NO4S. The second-order valence-corrected chi connectivity index (χ2v) is 7.82. The number of ether oxygens (including phenoxy) is 1. The number of esters is 1. The standard InChI is InChI=1S/C15H21NO4S/c1-4-20-14(17)15(16)12(13(15)21(18,19)5-2)11-8-6-10(3)7-9-11/h6-9,12-13H,4-5,16H2,1-3H3. The molecule has 6 heteroatoms. The number of aryl methyl sites for hydroxylation is 1. The Bertz CT molecular complexity index is 638. The smallest absolute Gasteiger partial charge is 0.328 e. The van der Waals surface area contributed by atoms with Crippen LogP contribution in [0.15, 0.2) is 24.3 Å². The Morgan fingerprint density at radius 2 is 1.86 bits per heavy atom. The van der Waals surface area contributed by atoms with E-state index in [0.29, 0.717) is 0 Å². The third kappa shape index (κ3) is 2.58. The Morgan fingerprint density at radius 3 is 2.33 bits per heavy atom. The van der Waals surface area contributed by atoms with Gasteiger partial charge >= 0.3 is 5.97 Å². The third-order valence-corrected chi connectivity index (χ3v) is 6.27. The van der Waals surface area contributed by atoms with Gasteiger partial charge in [-0.2, -0.15) is 0 Å². The average Bonchev–Trinajstić information content (AvgIpc) is 3.09. The molecule has 0 aromatic heterocycles. The molecule has 0 amide bonds. The highest BCUT2D eigenvalue weighted by atomic mass is 32.2. The Kier molecular flexibility index (Phi) is 4.13. The van der Waals surface area contributed by atoms with Crippen molar-refractivity contribution in [3.05, 3.63) is 35.4 Å². The molecule has 0 aliphatic heterocycles. The van der Waals surface area contributed by atoms with Crippen LogP contribution in [0.4, 0.5) is 0 Å². The zero-order chi connectivity index (χ0) is 15.8. The average molecular weight is 311 g/mol. The quantitative estimate of drug-likeness (QED) is 0.825. The molecule has 116 valence electrons. The Morgan fingerprint density at radius 1 is 1.29 bits per heavy atom. The van der Waals surface area contributed by atoms with Crippen LogP contribution >= 0.6 is 0 Å². The highest BCUT2D eigenvalue weighted by Gasteiger charge is 2.74. The van der Waals surface area contributed by atoms with Crippen molar-refractivity contribution >= 4 is 15.8 Å². The summed E-state index contributed by atoms with van der Waals surface area (Å²) in [6.07, 6.45) is 0. The number of carbonyl (C=O) groups is 1. The molecule has 5 nitrogen and oxygen atoms in total. The predicted molar refractivity (Wildman–Crippen MR) is 80.7 cm³/mol. The number of sulfone groups is 1. The number of carbonyl (C=O) groups excluding carboxylic acids is 1. The maximum absolute atomic E-state index is 12.2. The highest BCUT2D eigenvalue weighted by molar-refractivity contribution is 7.92. The molecule has 0 bridgehead atoms. The van der Waals surface area contributed by atoms with E-state index in [9.17, 15) is 13.2 Å². The van der Waals surface area contributed by atoms with E-state index in [-0.39, 0.29) is 12.4 Å². The molecule has 1 saturated carbocycles. The van der Waals surface area contributed by atoms with Crippen LogP contribution in [0.25, 0.3) is 0 Å². The minimum absolute atomic E-state index is 0.0433. The van der Waals surface area contributed by atoms with Crippen LogP contribution in [0.1, 0.15) is 30.9 Å². The molecule has 2 rings (SSSR count). The van der Waals surface area contributed by atoms with Crippen LogP contribution in [0, 0.1) is 6.92 Å². The van der Waals surface area contributed by atoms with E-state index >= 15 is 0 Å². The summed E-state index contributed by atoms with van der Waals surface area (Å²) in [5.41, 5.74) is 6.50. The van der Waals surface area contributed by atoms with Crippen molar-refractivity contribution in [1.82, 2.24) is 0 Å². The molecule has 3 atom stereocenters. The molecule has 21 heavy (non-hydrogen) atoms. The summed E-state index contributed by atoms with van der Waals surface area (Å²) in [5.74, 6) is -1.22. The normalized spacial score (nSPS) is 28.2. The van der Waals surface area contributed by atoms with Crippen molar-refractivity contribution in [2.45, 2.75) is 37.5 Å². The van der Waals surface area contributed by atoms with Crippen LogP contribution in [0.3, 0.4) is 0 Å². The molecule has 0 heterocycles. The van der Waals surface area contributed by atoms with E-state index in [1.54, 1.807) is 13.8 Å². The minimum Gasteiger partial charge on any atom is -0.465 e. The second-order valence-electron chi connectivity index (χ2n) is 5.41. The summed E-state index contributed by atoms with van der Waals surface area (Å²) in [7, 11) is -3.43. The van der Waals surface area contributed by atoms with Gasteiger partial charge in [-0.05, 0) is 19.4 Å². The first-order chi connectivity index (χ1) is 9.79. The molecule has 1 aromatic rings. The lowest BCUT2D eigenvalue weighted by Gasteiger charge is -2.11. The molecule has 1 fully saturated rings. The van der Waals surface area contributed by atoms with Gasteiger partial charge in [-0.15, -0.1) is 0 Å². The predicted octanol–water partition coefficient (Wildman–Crippen LogP) is 1.16. The van der Waals surface area contributed by atoms with Crippen LogP contribution in [-0.4, -0.2) is 37.5 Å². The van der Waals surface area contributed by atoms with Gasteiger partial charge in [-0.3, -0.25) is 0 Å². The van der Waals surface area contributed by atoms with Gasteiger partial charge in [0.25, 0.3) is 0 Å². The lowest BCUT2D eigenvalue weighted by atomic mass is 10.1. The van der Waals surface area contributed by atoms with Crippen molar-refractivity contribution in [3.63, 3.8) is 0 Å². The first-order valence-electron chi connectivity index (χ1n) is 7.03. The Balaban J connectivity index is 2.42. The van der Waals surface area contributed by atoms with Gasteiger partial charge in [0.2, 0.25) is 0 Å². The fraction of sp³-hybridized carbons (Fsp3) is 0.533. The number of hydrogen-bond donors (Lipinski definition) is 1. The lowest BCUT2D eigenvalue weighted by molar-refractivity contribution is -0.145. The molecule has 0 spiro atoms. The molecule has 0 saturated heterocycles. The third-order valence-electron chi connectivity index (χ3n) is 4.03. The van der Waals surface area contributed by atoms with Gasteiger partial charge in [-0.25, -0.2) is 13.2 Å². The van der Waals surface area contributed by atoms with Crippen molar-refractivity contribution in [2.75, 3.05) is 12.4 Å². The molecule has 1 aromatic carbocycles. The molecule has 0 radical (unpaired) electrons. The van der Waals surface area contributed by atoms with E-state index in [2.05, 4.69) is 0 Å². The van der Waals surface area contributed by atoms with Gasteiger partial charge in [0.15, 0.2) is 9.84 Å². The lowest BCUT2D eigenvalue weighted by Crippen LogP contribution is -2.41. The highest BCUT2D eigenvalue weighted by Crippen LogP contribution is 2.55. The Hall–Kier alpha value is -1.40. The van der Waals surface area contributed by atoms with Gasteiger partial charge in [-0.1, -0.05) is 36.8 Å². The summed E-state index contributed by atoms with van der Waals surface area (Å²) in [4.78, 5) is 12.1. The number of nitrogens with two attached hydrogens (primary N) is 1. The van der Waals surface area contributed by atoms with Crippen LogP contribution in [0.5, 0.6) is 0 Å². The summed E-state index contributed by atoms with van der Waals surface area (Å²) < 4.78 is 29.5. The summed E-state index contributed by atoms with van der Waals surface area (Å²) in [5, 5.41) is -0.906. The largest absolute Gasteiger partial charge is 0.465 e. The maximum atomic E-state index is 12.2. The Labute approximate surface area is 125 Å². The van der Waals surface area contributed by atoms with Crippen molar-refractivity contribution in [2.24, 2.45) is 5.73 Å². The van der Waals surface area contributed by atoms with Crippen LogP contribution < -0.4 is 5.73 Å². The van der Waals surface area contributed by atoms with Crippen molar-refractivity contribution in [1.29, 1.82) is 0 Å². The zero-order valence-corrected chi connectivity index (χ0v) is 13.3. The van der Waals surface area contributed by atoms with Crippen LogP contribution in [-0.2, 0) is 19.4 Å². The SMILES string of the molecule is CCOC(=O)C1(N)C(c2ccc(C)cc2)C1S(=O)(=O)CC. The van der Waals surface area contributed by atoms with E-state index in [4.69, 9.17) is 10.5 Å². The number of hydrogen-bond acceptors (Lipinski definition) is 5. The molecule has 2 N–H and O–H groups in total. The first kappa shape index (κ1) is 16.0. The molecule has 1 aliphatic carbocycles. The van der Waals surface area contributed by atoms with E-state index in [1.165, 1.54) is 0 Å². The summed E-state index contributed by atoms with van der Waals surface area (Å²) in [6.45, 7) is 5.36. The fourth-order valence-electron chi connectivity index (χ4n) is 2.78.